The average Bonchev–Trinajstić information content (AvgIpc) is 2.64. The monoisotopic (exact) mass is 351 g/mol. The number of ketones is 1. The van der Waals surface area contributed by atoms with Gasteiger partial charge in [-0.1, -0.05) is 61.7 Å². The number of carbonyl (C=O) groups excluding carboxylic acids is 1. The van der Waals surface area contributed by atoms with Crippen molar-refractivity contribution in [3.8, 4) is 0 Å². The summed E-state index contributed by atoms with van der Waals surface area (Å²) in [5, 5.41) is 8.87. The summed E-state index contributed by atoms with van der Waals surface area (Å²) in [7, 11) is 0. The first-order valence-electron chi connectivity index (χ1n) is 9.39. The van der Waals surface area contributed by atoms with Gasteiger partial charge in [0.15, 0.2) is 5.78 Å². The number of aliphatic hydroxyl groups excluding tert-OH is 1. The largest absolute Gasteiger partial charge is 0.399 e. The van der Waals surface area contributed by atoms with Crippen LogP contribution in [-0.2, 0) is 0 Å². The van der Waals surface area contributed by atoms with Crippen LogP contribution in [-0.4, -0.2) is 17.5 Å². The molecule has 2 aromatic carbocycles. The predicted molar refractivity (Wildman–Crippen MR) is 110 cm³/mol. The zero-order valence-electron chi connectivity index (χ0n) is 15.6. The van der Waals surface area contributed by atoms with E-state index in [4.69, 9.17) is 10.8 Å². The summed E-state index contributed by atoms with van der Waals surface area (Å²) in [5.74, 6) is 0.0810. The highest BCUT2D eigenvalue weighted by Crippen LogP contribution is 2.26. The molecular weight excluding hydrogens is 322 g/mol. The van der Waals surface area contributed by atoms with E-state index in [-0.39, 0.29) is 12.4 Å². The molecule has 0 heterocycles. The van der Waals surface area contributed by atoms with Crippen molar-refractivity contribution < 1.29 is 9.90 Å². The Morgan fingerprint density at radius 3 is 2.31 bits per heavy atom. The summed E-state index contributed by atoms with van der Waals surface area (Å²) in [5.41, 5.74) is 10.7. The van der Waals surface area contributed by atoms with Crippen molar-refractivity contribution in [2.45, 2.75) is 45.4 Å². The van der Waals surface area contributed by atoms with Gasteiger partial charge < -0.3 is 10.8 Å². The number of rotatable bonds is 10. The topological polar surface area (TPSA) is 63.3 Å². The zero-order chi connectivity index (χ0) is 18.8. The molecule has 2 rings (SSSR count). The molecule has 3 N–H and O–H groups in total. The Bertz CT molecular complexity index is 732. The number of aliphatic hydroxyl groups is 1. The van der Waals surface area contributed by atoms with Crippen molar-refractivity contribution in [1.82, 2.24) is 0 Å². The van der Waals surface area contributed by atoms with Crippen LogP contribution in [0.25, 0.3) is 11.6 Å². The molecule has 0 fully saturated rings. The second-order valence-electron chi connectivity index (χ2n) is 6.68. The highest BCUT2D eigenvalue weighted by atomic mass is 16.2. The molecule has 0 bridgehead atoms. The number of benzene rings is 2. The number of nitrogen functional groups attached to an aromatic ring is 1. The molecule has 0 amide bonds. The predicted octanol–water partition coefficient (Wildman–Crippen LogP) is 5.34. The molecule has 0 unspecified atom stereocenters. The maximum absolute atomic E-state index is 11.9. The molecule has 0 spiro atoms. The first-order chi connectivity index (χ1) is 12.6. The second-order valence-corrected chi connectivity index (χ2v) is 6.68. The Labute approximate surface area is 156 Å². The van der Waals surface area contributed by atoms with E-state index in [1.54, 1.807) is 6.92 Å². The van der Waals surface area contributed by atoms with Crippen molar-refractivity contribution in [3.05, 3.63) is 65.2 Å². The Hall–Kier alpha value is -2.39. The van der Waals surface area contributed by atoms with Crippen LogP contribution in [0.4, 0.5) is 5.69 Å². The minimum absolute atomic E-state index is 0.0810. The van der Waals surface area contributed by atoms with Crippen LogP contribution in [0.1, 0.15) is 66.9 Å². The van der Waals surface area contributed by atoms with E-state index < -0.39 is 0 Å². The SMILES string of the molecule is CC(=O)c1ccccc1/C=C(\CCCCCCCO)c1ccc(N)cc1. The van der Waals surface area contributed by atoms with Crippen molar-refractivity contribution in [2.75, 3.05) is 12.3 Å². The van der Waals surface area contributed by atoms with Gasteiger partial charge in [-0.05, 0) is 55.0 Å². The van der Waals surface area contributed by atoms with Gasteiger partial charge in [0.1, 0.15) is 0 Å². The summed E-state index contributed by atoms with van der Waals surface area (Å²) in [6.07, 6.45) is 8.41. The van der Waals surface area contributed by atoms with Gasteiger partial charge in [-0.2, -0.15) is 0 Å². The van der Waals surface area contributed by atoms with Gasteiger partial charge in [-0.3, -0.25) is 4.79 Å². The number of Topliss-reactive ketones (excluding diaryl/α,β-unsaturated/α-hetero) is 1. The van der Waals surface area contributed by atoms with E-state index in [1.165, 1.54) is 5.57 Å². The lowest BCUT2D eigenvalue weighted by Gasteiger charge is -2.11. The first kappa shape index (κ1) is 19.9. The van der Waals surface area contributed by atoms with E-state index in [0.29, 0.717) is 0 Å². The fraction of sp³-hybridized carbons (Fsp3) is 0.348. The molecule has 0 saturated carbocycles. The van der Waals surface area contributed by atoms with Crippen molar-refractivity contribution in [1.29, 1.82) is 0 Å². The van der Waals surface area contributed by atoms with Crippen molar-refractivity contribution in [2.24, 2.45) is 0 Å². The van der Waals surface area contributed by atoms with E-state index in [0.717, 1.165) is 60.9 Å². The molecule has 138 valence electrons. The van der Waals surface area contributed by atoms with E-state index in [1.807, 2.05) is 48.5 Å². The molecule has 2 aromatic rings. The average molecular weight is 351 g/mol. The van der Waals surface area contributed by atoms with Gasteiger partial charge in [0.2, 0.25) is 0 Å². The molecule has 0 aliphatic heterocycles. The Morgan fingerprint density at radius 2 is 1.62 bits per heavy atom. The Kier molecular flexibility index (Phi) is 8.10. The van der Waals surface area contributed by atoms with Crippen LogP contribution in [0.15, 0.2) is 48.5 Å². The van der Waals surface area contributed by atoms with Crippen LogP contribution < -0.4 is 5.73 Å². The molecule has 0 radical (unpaired) electrons. The maximum atomic E-state index is 11.9. The summed E-state index contributed by atoms with van der Waals surface area (Å²) in [4.78, 5) is 11.9. The van der Waals surface area contributed by atoms with Crippen LogP contribution in [0, 0.1) is 0 Å². The van der Waals surface area contributed by atoms with E-state index >= 15 is 0 Å². The second kappa shape index (κ2) is 10.6. The molecule has 0 atom stereocenters. The zero-order valence-corrected chi connectivity index (χ0v) is 15.6. The van der Waals surface area contributed by atoms with Gasteiger partial charge in [-0.15, -0.1) is 0 Å². The third kappa shape index (κ3) is 6.16. The number of nitrogens with two attached hydrogens (primary N) is 1. The molecular formula is C23H29NO2. The lowest BCUT2D eigenvalue weighted by atomic mass is 9.94. The van der Waals surface area contributed by atoms with Crippen LogP contribution >= 0.6 is 0 Å². The number of hydrogen-bond donors (Lipinski definition) is 2. The quantitative estimate of drug-likeness (QED) is 0.263. The van der Waals surface area contributed by atoms with Crippen LogP contribution in [0.5, 0.6) is 0 Å². The standard InChI is InChI=1S/C23H29NO2/c1-18(26)23-11-7-6-10-21(23)17-20(9-5-3-2-4-8-16-25)19-12-14-22(24)15-13-19/h6-7,10-15,17,25H,2-5,8-9,16,24H2,1H3/b20-17+. The smallest absolute Gasteiger partial charge is 0.160 e. The third-order valence-corrected chi connectivity index (χ3v) is 4.56. The highest BCUT2D eigenvalue weighted by molar-refractivity contribution is 5.99. The molecule has 0 saturated heterocycles. The van der Waals surface area contributed by atoms with Crippen molar-refractivity contribution in [3.63, 3.8) is 0 Å². The van der Waals surface area contributed by atoms with Gasteiger partial charge in [0.05, 0.1) is 0 Å². The molecule has 26 heavy (non-hydrogen) atoms. The fourth-order valence-corrected chi connectivity index (χ4v) is 3.09. The summed E-state index contributed by atoms with van der Waals surface area (Å²) in [6, 6.07) is 15.7. The molecule has 3 nitrogen and oxygen atoms in total. The third-order valence-electron chi connectivity index (χ3n) is 4.56. The normalized spacial score (nSPS) is 11.5. The summed E-state index contributed by atoms with van der Waals surface area (Å²) >= 11 is 0. The molecule has 0 aliphatic rings. The number of unbranched alkanes of at least 4 members (excludes halogenated alkanes) is 4. The first-order valence-corrected chi connectivity index (χ1v) is 9.39. The van der Waals surface area contributed by atoms with E-state index in [2.05, 4.69) is 6.08 Å². The van der Waals surface area contributed by atoms with Crippen LogP contribution in [0.2, 0.25) is 0 Å². The number of carbonyl (C=O) groups is 1. The summed E-state index contributed by atoms with van der Waals surface area (Å²) in [6.45, 7) is 1.88. The Balaban J connectivity index is 2.20. The minimum atomic E-state index is 0.0810. The highest BCUT2D eigenvalue weighted by Gasteiger charge is 2.08. The molecule has 0 aliphatic carbocycles. The number of allylic oxidation sites excluding steroid dienone is 1. The fourth-order valence-electron chi connectivity index (χ4n) is 3.09. The van der Waals surface area contributed by atoms with Gasteiger partial charge in [0, 0.05) is 17.9 Å². The number of anilines is 1. The van der Waals surface area contributed by atoms with E-state index in [9.17, 15) is 4.79 Å². The van der Waals surface area contributed by atoms with Gasteiger partial charge >= 0.3 is 0 Å². The maximum Gasteiger partial charge on any atom is 0.160 e. The molecule has 3 heteroatoms. The Morgan fingerprint density at radius 1 is 0.962 bits per heavy atom. The molecule has 0 aromatic heterocycles. The number of hydrogen-bond acceptors (Lipinski definition) is 3. The van der Waals surface area contributed by atoms with Gasteiger partial charge in [-0.25, -0.2) is 0 Å². The lowest BCUT2D eigenvalue weighted by molar-refractivity contribution is 0.101. The van der Waals surface area contributed by atoms with Crippen molar-refractivity contribution >= 4 is 23.1 Å². The van der Waals surface area contributed by atoms with Crippen LogP contribution in [0.3, 0.4) is 0 Å². The summed E-state index contributed by atoms with van der Waals surface area (Å²) < 4.78 is 0. The minimum Gasteiger partial charge on any atom is -0.399 e. The lowest BCUT2D eigenvalue weighted by Crippen LogP contribution is -1.96. The van der Waals surface area contributed by atoms with Gasteiger partial charge in [0.25, 0.3) is 0 Å².